The van der Waals surface area contributed by atoms with Gasteiger partial charge in [-0.2, -0.15) is 0 Å². The molecule has 0 spiro atoms. The molecule has 10 nitrogen and oxygen atoms in total. The summed E-state index contributed by atoms with van der Waals surface area (Å²) in [5.74, 6) is -1.29. The molecule has 0 bridgehead atoms. The number of para-hydroxylation sites is 1. The summed E-state index contributed by atoms with van der Waals surface area (Å²) in [4.78, 5) is 56.7. The van der Waals surface area contributed by atoms with Crippen LogP contribution in [0.2, 0.25) is 0 Å². The van der Waals surface area contributed by atoms with Crippen LogP contribution in [-0.4, -0.2) is 59.0 Å². The van der Waals surface area contributed by atoms with E-state index in [1.54, 1.807) is 20.0 Å². The van der Waals surface area contributed by atoms with Crippen molar-refractivity contribution in [2.75, 3.05) is 6.61 Å². The number of hydrogen-bond donors (Lipinski definition) is 4. The molecule has 5 rings (SSSR count). The topological polar surface area (TPSA) is 142 Å². The molecule has 45 heavy (non-hydrogen) atoms. The molecule has 1 fully saturated rings. The average molecular weight is 611 g/mol. The van der Waals surface area contributed by atoms with Crippen LogP contribution in [0.25, 0.3) is 10.9 Å². The number of ether oxygens (including phenoxy) is 2. The number of carbonyl (C=O) groups is 4. The number of benzene rings is 3. The largest absolute Gasteiger partial charge is 0.445 e. The normalized spacial score (nSPS) is 17.5. The van der Waals surface area contributed by atoms with E-state index >= 15 is 0 Å². The van der Waals surface area contributed by atoms with Gasteiger partial charge in [-0.05, 0) is 42.5 Å². The number of rotatable bonds is 14. The number of alkyl carbamates (subject to hydrolysis) is 1. The Balaban J connectivity index is 1.33. The van der Waals surface area contributed by atoms with Gasteiger partial charge in [-0.15, -0.1) is 0 Å². The van der Waals surface area contributed by atoms with E-state index in [4.69, 9.17) is 9.47 Å². The van der Waals surface area contributed by atoms with E-state index < -0.39 is 41.6 Å². The Kier molecular flexibility index (Phi) is 9.94. The molecule has 4 aromatic rings. The van der Waals surface area contributed by atoms with Crippen molar-refractivity contribution in [2.45, 2.75) is 63.4 Å². The zero-order valence-electron chi connectivity index (χ0n) is 25.4. The van der Waals surface area contributed by atoms with Crippen molar-refractivity contribution < 1.29 is 28.7 Å². The molecular formula is C35H38N4O6. The number of nitrogens with one attached hydrogen (secondary N) is 4. The second-order valence-corrected chi connectivity index (χ2v) is 11.4. The van der Waals surface area contributed by atoms with E-state index in [9.17, 15) is 19.2 Å². The molecule has 10 heteroatoms. The Morgan fingerprint density at radius 3 is 2.07 bits per heavy atom. The molecule has 234 valence electrons. The number of epoxide rings is 1. The van der Waals surface area contributed by atoms with Crippen molar-refractivity contribution in [3.05, 3.63) is 108 Å². The van der Waals surface area contributed by atoms with Gasteiger partial charge >= 0.3 is 6.09 Å². The predicted molar refractivity (Wildman–Crippen MR) is 169 cm³/mol. The fraction of sp³-hybridized carbons (Fsp3) is 0.314. The number of H-pyrrole nitrogens is 1. The maximum Gasteiger partial charge on any atom is 0.408 e. The minimum absolute atomic E-state index is 0.0514. The minimum atomic E-state index is -1.05. The first kappa shape index (κ1) is 31.5. The van der Waals surface area contributed by atoms with E-state index in [2.05, 4.69) is 20.9 Å². The Morgan fingerprint density at radius 1 is 0.800 bits per heavy atom. The molecule has 0 radical (unpaired) electrons. The molecule has 1 saturated heterocycles. The van der Waals surface area contributed by atoms with Gasteiger partial charge < -0.3 is 30.4 Å². The Hall–Kier alpha value is -4.96. The summed E-state index contributed by atoms with van der Waals surface area (Å²) in [6.07, 6.45) is 1.74. The summed E-state index contributed by atoms with van der Waals surface area (Å²) < 4.78 is 10.7. The lowest BCUT2D eigenvalue weighted by Gasteiger charge is -2.25. The van der Waals surface area contributed by atoms with Crippen LogP contribution in [0.15, 0.2) is 91.1 Å². The van der Waals surface area contributed by atoms with Crippen LogP contribution in [0.1, 0.15) is 37.0 Å². The zero-order valence-corrected chi connectivity index (χ0v) is 25.4. The summed E-state index contributed by atoms with van der Waals surface area (Å²) in [6.45, 7) is 3.79. The number of aromatic nitrogens is 1. The molecular weight excluding hydrogens is 572 g/mol. The van der Waals surface area contributed by atoms with E-state index in [-0.39, 0.29) is 38.3 Å². The summed E-state index contributed by atoms with van der Waals surface area (Å²) in [6, 6.07) is 23.4. The molecule has 4 atom stereocenters. The fourth-order valence-corrected chi connectivity index (χ4v) is 5.21. The molecule has 3 aromatic carbocycles. The summed E-state index contributed by atoms with van der Waals surface area (Å²) in [7, 11) is 0. The van der Waals surface area contributed by atoms with Crippen molar-refractivity contribution >= 4 is 34.6 Å². The molecule has 1 aliphatic rings. The number of Topliss-reactive ketones (excluding diaryl/α,β-unsaturated/α-hetero) is 1. The average Bonchev–Trinajstić information content (AvgIpc) is 3.69. The first-order valence-electron chi connectivity index (χ1n) is 15.1. The molecule has 4 N–H and O–H groups in total. The lowest BCUT2D eigenvalue weighted by molar-refractivity contribution is -0.133. The van der Waals surface area contributed by atoms with Crippen LogP contribution in [0.3, 0.4) is 0 Å². The third-order valence-electron chi connectivity index (χ3n) is 7.98. The van der Waals surface area contributed by atoms with Crippen molar-refractivity contribution in [2.24, 2.45) is 0 Å². The predicted octanol–water partition coefficient (Wildman–Crippen LogP) is 3.99. The van der Waals surface area contributed by atoms with Crippen LogP contribution in [0.4, 0.5) is 4.79 Å². The summed E-state index contributed by atoms with van der Waals surface area (Å²) in [5, 5.41) is 9.26. The van der Waals surface area contributed by atoms with Gasteiger partial charge in [-0.25, -0.2) is 4.79 Å². The van der Waals surface area contributed by atoms with Crippen LogP contribution in [-0.2, 0) is 43.3 Å². The highest BCUT2D eigenvalue weighted by Gasteiger charge is 2.50. The van der Waals surface area contributed by atoms with Gasteiger partial charge in [0.25, 0.3) is 0 Å². The molecule has 1 aliphatic heterocycles. The lowest BCUT2D eigenvalue weighted by Crippen LogP contribution is -2.57. The molecule has 0 aliphatic carbocycles. The van der Waals surface area contributed by atoms with Gasteiger partial charge in [0.2, 0.25) is 11.8 Å². The molecule has 2 heterocycles. The van der Waals surface area contributed by atoms with Gasteiger partial charge in [0.15, 0.2) is 5.78 Å². The minimum Gasteiger partial charge on any atom is -0.445 e. The highest BCUT2D eigenvalue weighted by atomic mass is 16.6. The highest BCUT2D eigenvalue weighted by molar-refractivity contribution is 5.98. The van der Waals surface area contributed by atoms with E-state index in [0.717, 1.165) is 27.6 Å². The van der Waals surface area contributed by atoms with Gasteiger partial charge in [0.05, 0.1) is 12.6 Å². The number of amides is 3. The number of fused-ring (bicyclic) bond motifs is 1. The quantitative estimate of drug-likeness (QED) is 0.159. The first-order chi connectivity index (χ1) is 21.8. The standard InChI is InChI=1S/C35H38N4O6/c1-3-27(39-34(43)44-21-24-14-8-5-9-15-24)32(41)38-30(19-25-20-36-28-17-11-10-16-26(25)28)33(42)37-29(31(40)35(2)22-45-35)18-23-12-6-4-7-13-23/h4-17,20,27,29-30,36H,3,18-19,21-22H2,1-2H3,(H,37,42)(H,38,41)(H,39,43)/t27-,29?,30?,35?/m1/s1. The first-order valence-corrected chi connectivity index (χ1v) is 15.1. The highest BCUT2D eigenvalue weighted by Crippen LogP contribution is 2.29. The number of carbonyl (C=O) groups excluding carboxylic acids is 4. The molecule has 3 unspecified atom stereocenters. The van der Waals surface area contributed by atoms with Gasteiger partial charge in [-0.1, -0.05) is 85.8 Å². The van der Waals surface area contributed by atoms with E-state index in [1.165, 1.54) is 0 Å². The summed E-state index contributed by atoms with van der Waals surface area (Å²) >= 11 is 0. The van der Waals surface area contributed by atoms with Gasteiger partial charge in [0, 0.05) is 23.5 Å². The Labute approximate surface area is 261 Å². The van der Waals surface area contributed by atoms with Crippen LogP contribution in [0, 0.1) is 0 Å². The number of ketones is 1. The van der Waals surface area contributed by atoms with Crippen molar-refractivity contribution in [3.63, 3.8) is 0 Å². The third-order valence-corrected chi connectivity index (χ3v) is 7.98. The number of hydrogen-bond acceptors (Lipinski definition) is 6. The molecule has 1 aromatic heterocycles. The van der Waals surface area contributed by atoms with Gasteiger partial charge in [-0.3, -0.25) is 14.4 Å². The van der Waals surface area contributed by atoms with E-state index in [0.29, 0.717) is 0 Å². The zero-order chi connectivity index (χ0) is 31.8. The Bertz CT molecular complexity index is 1630. The smallest absolute Gasteiger partial charge is 0.408 e. The lowest BCUT2D eigenvalue weighted by atomic mass is 9.94. The second-order valence-electron chi connectivity index (χ2n) is 11.4. The van der Waals surface area contributed by atoms with Crippen molar-refractivity contribution in [1.29, 1.82) is 0 Å². The fourth-order valence-electron chi connectivity index (χ4n) is 5.21. The van der Waals surface area contributed by atoms with Crippen LogP contribution < -0.4 is 16.0 Å². The Morgan fingerprint density at radius 2 is 1.40 bits per heavy atom. The van der Waals surface area contributed by atoms with Crippen molar-refractivity contribution in [1.82, 2.24) is 20.9 Å². The van der Waals surface area contributed by atoms with Crippen LogP contribution >= 0.6 is 0 Å². The van der Waals surface area contributed by atoms with E-state index in [1.807, 2.05) is 84.9 Å². The van der Waals surface area contributed by atoms with Crippen molar-refractivity contribution in [3.8, 4) is 0 Å². The molecule has 3 amide bonds. The monoisotopic (exact) mass is 610 g/mol. The summed E-state index contributed by atoms with van der Waals surface area (Å²) in [5.41, 5.74) is 2.44. The maximum absolute atomic E-state index is 13.9. The second kappa shape index (κ2) is 14.2. The van der Waals surface area contributed by atoms with Gasteiger partial charge in [0.1, 0.15) is 24.3 Å². The SMILES string of the molecule is CC[C@@H](NC(=O)OCc1ccccc1)C(=O)NC(Cc1c[nH]c2ccccc12)C(=O)NC(Cc1ccccc1)C(=O)C1(C)CO1. The number of aromatic amines is 1. The molecule has 0 saturated carbocycles. The third kappa shape index (κ3) is 8.16. The van der Waals surface area contributed by atoms with Crippen LogP contribution in [0.5, 0.6) is 0 Å². The maximum atomic E-state index is 13.9.